The summed E-state index contributed by atoms with van der Waals surface area (Å²) in [5.41, 5.74) is 2.64. The van der Waals surface area contributed by atoms with Crippen LogP contribution in [0.5, 0.6) is 5.75 Å². The number of hydrogen-bond acceptors (Lipinski definition) is 2. The maximum absolute atomic E-state index is 13.1. The summed E-state index contributed by atoms with van der Waals surface area (Å²) < 4.78 is 18.6. The quantitative estimate of drug-likeness (QED) is 0.854. The SMILES string of the molecule is Cc1cc(F)ccc1CC(=O)C1COc2ccccc21. The molecule has 0 aromatic heterocycles. The van der Waals surface area contributed by atoms with Crippen LogP contribution in [0.3, 0.4) is 0 Å². The molecule has 2 nitrogen and oxygen atoms in total. The Morgan fingerprint density at radius 2 is 2.10 bits per heavy atom. The van der Waals surface area contributed by atoms with Crippen LogP contribution in [-0.4, -0.2) is 12.4 Å². The van der Waals surface area contributed by atoms with E-state index in [-0.39, 0.29) is 17.5 Å². The second-order valence-electron chi connectivity index (χ2n) is 5.12. The standard InChI is InChI=1S/C17H15FO2/c1-11-8-13(18)7-6-12(11)9-16(19)15-10-20-17-5-3-2-4-14(15)17/h2-8,15H,9-10H2,1H3. The van der Waals surface area contributed by atoms with Gasteiger partial charge < -0.3 is 4.74 Å². The molecule has 20 heavy (non-hydrogen) atoms. The summed E-state index contributed by atoms with van der Waals surface area (Å²) in [5, 5.41) is 0. The van der Waals surface area contributed by atoms with E-state index in [1.807, 2.05) is 31.2 Å². The third-order valence-corrected chi connectivity index (χ3v) is 3.76. The third kappa shape index (κ3) is 2.31. The minimum absolute atomic E-state index is 0.115. The lowest BCUT2D eigenvalue weighted by Gasteiger charge is -2.10. The molecule has 2 aromatic carbocycles. The van der Waals surface area contributed by atoms with Gasteiger partial charge in [-0.3, -0.25) is 4.79 Å². The molecule has 1 aliphatic rings. The fourth-order valence-electron chi connectivity index (χ4n) is 2.60. The van der Waals surface area contributed by atoms with Crippen molar-refractivity contribution < 1.29 is 13.9 Å². The summed E-state index contributed by atoms with van der Waals surface area (Å²) in [7, 11) is 0. The van der Waals surface area contributed by atoms with Gasteiger partial charge in [0.25, 0.3) is 0 Å². The van der Waals surface area contributed by atoms with Crippen LogP contribution in [0.25, 0.3) is 0 Å². The minimum atomic E-state index is -0.270. The molecule has 0 spiro atoms. The van der Waals surface area contributed by atoms with Crippen molar-refractivity contribution in [1.82, 2.24) is 0 Å². The number of fused-ring (bicyclic) bond motifs is 1. The fraction of sp³-hybridized carbons (Fsp3) is 0.235. The second-order valence-corrected chi connectivity index (χ2v) is 5.12. The molecule has 0 aliphatic carbocycles. The van der Waals surface area contributed by atoms with Gasteiger partial charge in [0.05, 0.1) is 5.92 Å². The molecule has 1 unspecified atom stereocenters. The summed E-state index contributed by atoms with van der Waals surface area (Å²) in [6, 6.07) is 12.2. The topological polar surface area (TPSA) is 26.3 Å². The first-order chi connectivity index (χ1) is 9.65. The number of rotatable bonds is 3. The molecule has 1 atom stereocenters. The number of halogens is 1. The molecular weight excluding hydrogens is 255 g/mol. The Hall–Kier alpha value is -2.16. The average molecular weight is 270 g/mol. The highest BCUT2D eigenvalue weighted by Gasteiger charge is 2.29. The highest BCUT2D eigenvalue weighted by molar-refractivity contribution is 5.89. The van der Waals surface area contributed by atoms with Gasteiger partial charge in [-0.05, 0) is 36.2 Å². The maximum atomic E-state index is 13.1. The zero-order valence-electron chi connectivity index (χ0n) is 11.2. The summed E-state index contributed by atoms with van der Waals surface area (Å²) in [4.78, 5) is 12.4. The van der Waals surface area contributed by atoms with Crippen LogP contribution in [0.15, 0.2) is 42.5 Å². The monoisotopic (exact) mass is 270 g/mol. The van der Waals surface area contributed by atoms with Crippen molar-refractivity contribution in [3.63, 3.8) is 0 Å². The van der Waals surface area contributed by atoms with Gasteiger partial charge in [-0.1, -0.05) is 24.3 Å². The number of carbonyl (C=O) groups is 1. The average Bonchev–Trinajstić information content (AvgIpc) is 2.86. The van der Waals surface area contributed by atoms with Crippen molar-refractivity contribution in [3.05, 3.63) is 65.0 Å². The third-order valence-electron chi connectivity index (χ3n) is 3.76. The van der Waals surface area contributed by atoms with E-state index in [0.29, 0.717) is 13.0 Å². The Balaban J connectivity index is 1.81. The van der Waals surface area contributed by atoms with Crippen LogP contribution in [0, 0.1) is 12.7 Å². The molecule has 0 radical (unpaired) electrons. The van der Waals surface area contributed by atoms with Gasteiger partial charge in [0, 0.05) is 12.0 Å². The van der Waals surface area contributed by atoms with Crippen molar-refractivity contribution in [3.8, 4) is 5.75 Å². The molecule has 0 bridgehead atoms. The van der Waals surface area contributed by atoms with Crippen LogP contribution in [-0.2, 0) is 11.2 Å². The van der Waals surface area contributed by atoms with E-state index in [2.05, 4.69) is 0 Å². The summed E-state index contributed by atoms with van der Waals surface area (Å²) in [6.07, 6.45) is 0.314. The lowest BCUT2D eigenvalue weighted by Crippen LogP contribution is -2.16. The van der Waals surface area contributed by atoms with Crippen molar-refractivity contribution in [2.24, 2.45) is 0 Å². The van der Waals surface area contributed by atoms with E-state index in [1.165, 1.54) is 12.1 Å². The van der Waals surface area contributed by atoms with Crippen molar-refractivity contribution in [1.29, 1.82) is 0 Å². The van der Waals surface area contributed by atoms with Crippen molar-refractivity contribution in [2.45, 2.75) is 19.3 Å². The molecular formula is C17H15FO2. The zero-order valence-corrected chi connectivity index (χ0v) is 11.2. The summed E-state index contributed by atoms with van der Waals surface area (Å²) >= 11 is 0. The normalized spacial score (nSPS) is 16.6. The second kappa shape index (κ2) is 5.08. The molecule has 0 saturated carbocycles. The Morgan fingerprint density at radius 1 is 1.30 bits per heavy atom. The number of Topliss-reactive ketones (excluding diaryl/α,β-unsaturated/α-hetero) is 1. The van der Waals surface area contributed by atoms with Crippen LogP contribution >= 0.6 is 0 Å². The predicted octanol–water partition coefficient (Wildman–Crippen LogP) is 3.42. The van der Waals surface area contributed by atoms with Crippen LogP contribution in [0.2, 0.25) is 0 Å². The Labute approximate surface area is 117 Å². The van der Waals surface area contributed by atoms with Crippen LogP contribution < -0.4 is 4.74 Å². The van der Waals surface area contributed by atoms with E-state index in [9.17, 15) is 9.18 Å². The number of ketones is 1. The molecule has 3 heteroatoms. The molecule has 0 saturated heterocycles. The largest absolute Gasteiger partial charge is 0.492 e. The van der Waals surface area contributed by atoms with Crippen LogP contribution in [0.4, 0.5) is 4.39 Å². The number of para-hydroxylation sites is 1. The lowest BCUT2D eigenvalue weighted by atomic mass is 9.91. The van der Waals surface area contributed by atoms with Crippen molar-refractivity contribution in [2.75, 3.05) is 6.61 Å². The van der Waals surface area contributed by atoms with Gasteiger partial charge in [-0.15, -0.1) is 0 Å². The Kier molecular flexibility index (Phi) is 3.26. The Bertz CT molecular complexity index is 664. The Morgan fingerprint density at radius 3 is 2.90 bits per heavy atom. The van der Waals surface area contributed by atoms with Gasteiger partial charge in [-0.2, -0.15) is 0 Å². The van der Waals surface area contributed by atoms with E-state index < -0.39 is 0 Å². The van der Waals surface area contributed by atoms with Gasteiger partial charge in [0.15, 0.2) is 0 Å². The first kappa shape index (κ1) is 12.9. The molecule has 0 fully saturated rings. The van der Waals surface area contributed by atoms with E-state index >= 15 is 0 Å². The summed E-state index contributed by atoms with van der Waals surface area (Å²) in [5.74, 6) is 0.426. The number of benzene rings is 2. The van der Waals surface area contributed by atoms with Gasteiger partial charge in [0.2, 0.25) is 0 Å². The van der Waals surface area contributed by atoms with Crippen molar-refractivity contribution >= 4 is 5.78 Å². The minimum Gasteiger partial charge on any atom is -0.492 e. The van der Waals surface area contributed by atoms with E-state index in [0.717, 1.165) is 22.4 Å². The van der Waals surface area contributed by atoms with E-state index in [1.54, 1.807) is 6.07 Å². The molecule has 1 aliphatic heterocycles. The highest BCUT2D eigenvalue weighted by atomic mass is 19.1. The molecule has 2 aromatic rings. The maximum Gasteiger partial charge on any atom is 0.148 e. The number of hydrogen-bond donors (Lipinski definition) is 0. The first-order valence-electron chi connectivity index (χ1n) is 6.64. The molecule has 102 valence electrons. The molecule has 3 rings (SSSR count). The first-order valence-corrected chi connectivity index (χ1v) is 6.64. The molecule has 0 N–H and O–H groups in total. The van der Waals surface area contributed by atoms with E-state index in [4.69, 9.17) is 4.74 Å². The molecule has 1 heterocycles. The predicted molar refractivity (Wildman–Crippen MR) is 74.5 cm³/mol. The zero-order chi connectivity index (χ0) is 14.1. The smallest absolute Gasteiger partial charge is 0.148 e. The van der Waals surface area contributed by atoms with Gasteiger partial charge in [0.1, 0.15) is 24.0 Å². The number of carbonyl (C=O) groups excluding carboxylic acids is 1. The fourth-order valence-corrected chi connectivity index (χ4v) is 2.60. The lowest BCUT2D eigenvalue weighted by molar-refractivity contribution is -0.120. The molecule has 0 amide bonds. The van der Waals surface area contributed by atoms with Gasteiger partial charge >= 0.3 is 0 Å². The van der Waals surface area contributed by atoms with Gasteiger partial charge in [-0.25, -0.2) is 4.39 Å². The van der Waals surface area contributed by atoms with Crippen LogP contribution in [0.1, 0.15) is 22.6 Å². The number of aryl methyl sites for hydroxylation is 1. The highest BCUT2D eigenvalue weighted by Crippen LogP contribution is 2.34. The summed E-state index contributed by atoms with van der Waals surface area (Å²) in [6.45, 7) is 2.23. The number of ether oxygens (including phenoxy) is 1.